The Morgan fingerprint density at radius 3 is 1.79 bits per heavy atom. The number of rotatable bonds is 6. The zero-order valence-corrected chi connectivity index (χ0v) is 21.1. The number of carboxylic acid groups (broad SMARTS) is 2. The lowest BCUT2D eigenvalue weighted by Gasteiger charge is -2.53. The molecule has 0 amide bonds. The minimum Gasteiger partial charge on any atom is -0.473 e. The number of alkyl halides is 3. The highest BCUT2D eigenvalue weighted by atomic mass is 19.4. The second-order valence-electron chi connectivity index (χ2n) is 9.70. The molecule has 6 rings (SSSR count). The highest BCUT2D eigenvalue weighted by Crippen LogP contribution is 2.44. The molecule has 0 spiro atoms. The first-order valence-corrected chi connectivity index (χ1v) is 12.7. The Balaban J connectivity index is 0.000000531. The maximum atomic E-state index is 13.5. The molecule has 0 aliphatic carbocycles. The molecular weight excluding hydrogens is 511 g/mol. The number of aliphatic carboxylic acids is 2. The third-order valence-corrected chi connectivity index (χ3v) is 7.39. The van der Waals surface area contributed by atoms with Crippen molar-refractivity contribution in [2.45, 2.75) is 43.7 Å². The van der Waals surface area contributed by atoms with Crippen LogP contribution in [0.2, 0.25) is 0 Å². The summed E-state index contributed by atoms with van der Waals surface area (Å²) in [6.07, 6.45) is -2.46. The third kappa shape index (κ3) is 6.85. The highest BCUT2D eigenvalue weighted by Gasteiger charge is 2.47. The molecule has 0 radical (unpaired) electrons. The van der Waals surface area contributed by atoms with Crippen LogP contribution in [0.25, 0.3) is 0 Å². The number of fused-ring (bicyclic) bond motifs is 3. The van der Waals surface area contributed by atoms with Crippen LogP contribution in [0, 0.1) is 5.92 Å². The largest absolute Gasteiger partial charge is 0.473 e. The Morgan fingerprint density at radius 2 is 1.31 bits per heavy atom. The van der Waals surface area contributed by atoms with Crippen molar-refractivity contribution in [3.8, 4) is 0 Å². The van der Waals surface area contributed by atoms with Crippen molar-refractivity contribution < 1.29 is 37.7 Å². The molecule has 0 aromatic heterocycles. The van der Waals surface area contributed by atoms with E-state index in [1.54, 1.807) is 6.07 Å². The zero-order chi connectivity index (χ0) is 28.0. The lowest BCUT2D eigenvalue weighted by atomic mass is 9.72. The summed E-state index contributed by atoms with van der Waals surface area (Å²) in [6, 6.07) is 26.7. The van der Waals surface area contributed by atoms with Gasteiger partial charge in [0.1, 0.15) is 0 Å². The lowest BCUT2D eigenvalue weighted by Crippen LogP contribution is -2.60. The molecule has 6 nitrogen and oxygen atoms in total. The monoisotopic (exact) mass is 541 g/mol. The van der Waals surface area contributed by atoms with E-state index in [4.69, 9.17) is 24.5 Å². The molecular formula is C30H30F3NO5. The lowest BCUT2D eigenvalue weighted by molar-refractivity contribution is -0.159. The maximum absolute atomic E-state index is 13.5. The normalized spacial score (nSPS) is 22.2. The smallest absolute Gasteiger partial charge is 0.416 e. The van der Waals surface area contributed by atoms with E-state index in [-0.39, 0.29) is 30.2 Å². The van der Waals surface area contributed by atoms with Gasteiger partial charge in [0.05, 0.1) is 18.3 Å². The summed E-state index contributed by atoms with van der Waals surface area (Å²) >= 11 is 0. The Labute approximate surface area is 224 Å². The van der Waals surface area contributed by atoms with Gasteiger partial charge in [-0.3, -0.25) is 4.90 Å². The van der Waals surface area contributed by atoms with Crippen LogP contribution in [0.1, 0.15) is 41.0 Å². The van der Waals surface area contributed by atoms with Crippen molar-refractivity contribution in [2.24, 2.45) is 5.92 Å². The predicted octanol–water partition coefficient (Wildman–Crippen LogP) is 5.67. The molecule has 3 aliphatic heterocycles. The Kier molecular flexibility index (Phi) is 9.04. The fraction of sp³-hybridized carbons (Fsp3) is 0.333. The molecule has 2 unspecified atom stereocenters. The van der Waals surface area contributed by atoms with E-state index < -0.39 is 23.7 Å². The van der Waals surface area contributed by atoms with Gasteiger partial charge in [-0.05, 0) is 54.6 Å². The van der Waals surface area contributed by atoms with Crippen molar-refractivity contribution in [3.05, 3.63) is 107 Å². The van der Waals surface area contributed by atoms with Crippen LogP contribution in [-0.2, 0) is 27.1 Å². The van der Waals surface area contributed by atoms with E-state index in [0.717, 1.165) is 32.0 Å². The van der Waals surface area contributed by atoms with Gasteiger partial charge < -0.3 is 14.9 Å². The van der Waals surface area contributed by atoms with E-state index in [1.807, 2.05) is 12.1 Å². The van der Waals surface area contributed by atoms with E-state index in [9.17, 15) is 13.2 Å². The summed E-state index contributed by atoms with van der Waals surface area (Å²) in [5.74, 6) is -3.20. The first-order chi connectivity index (χ1) is 18.7. The second kappa shape index (κ2) is 12.4. The van der Waals surface area contributed by atoms with Gasteiger partial charge >= 0.3 is 18.1 Å². The number of halogens is 3. The summed E-state index contributed by atoms with van der Waals surface area (Å²) in [5, 5.41) is 14.8. The number of carbonyl (C=O) groups is 2. The highest BCUT2D eigenvalue weighted by molar-refractivity contribution is 6.27. The second-order valence-corrected chi connectivity index (χ2v) is 9.70. The van der Waals surface area contributed by atoms with Crippen LogP contribution < -0.4 is 0 Å². The number of carboxylic acids is 2. The van der Waals surface area contributed by atoms with Crippen molar-refractivity contribution in [3.63, 3.8) is 0 Å². The van der Waals surface area contributed by atoms with Crippen LogP contribution >= 0.6 is 0 Å². The predicted molar refractivity (Wildman–Crippen MR) is 138 cm³/mol. The van der Waals surface area contributed by atoms with Crippen molar-refractivity contribution in [2.75, 3.05) is 13.1 Å². The van der Waals surface area contributed by atoms with Gasteiger partial charge in [-0.2, -0.15) is 13.2 Å². The third-order valence-electron chi connectivity index (χ3n) is 7.39. The number of ether oxygens (including phenoxy) is 1. The molecule has 0 saturated carbocycles. The Hall–Kier alpha value is -3.69. The first-order valence-electron chi connectivity index (χ1n) is 12.7. The molecule has 2 N–H and O–H groups in total. The van der Waals surface area contributed by atoms with Crippen LogP contribution in [0.5, 0.6) is 0 Å². The van der Waals surface area contributed by atoms with Gasteiger partial charge in [-0.15, -0.1) is 0 Å². The number of nitrogens with zero attached hydrogens (tertiary/aromatic N) is 1. The molecule has 9 heteroatoms. The van der Waals surface area contributed by atoms with Crippen LogP contribution in [0.3, 0.4) is 0 Å². The molecule has 2 atom stereocenters. The summed E-state index contributed by atoms with van der Waals surface area (Å²) in [4.78, 5) is 20.7. The average molecular weight is 542 g/mol. The Bertz CT molecular complexity index is 1190. The van der Waals surface area contributed by atoms with E-state index in [0.29, 0.717) is 5.92 Å². The SMILES string of the molecule is FC(F)(F)c1ccccc1COC1C2CCN(CC2)C1C(c1ccccc1)c1ccccc1.O=C(O)C(=O)O. The molecule has 3 aromatic carbocycles. The topological polar surface area (TPSA) is 87.1 Å². The molecule has 3 aromatic rings. The van der Waals surface area contributed by atoms with Gasteiger partial charge in [0, 0.05) is 12.0 Å². The number of hydrogen-bond acceptors (Lipinski definition) is 4. The van der Waals surface area contributed by atoms with Gasteiger partial charge in [-0.1, -0.05) is 78.9 Å². The summed E-state index contributed by atoms with van der Waals surface area (Å²) < 4.78 is 47.1. The molecule has 3 saturated heterocycles. The summed E-state index contributed by atoms with van der Waals surface area (Å²) in [6.45, 7) is 1.98. The van der Waals surface area contributed by atoms with Crippen LogP contribution in [0.15, 0.2) is 84.9 Å². The zero-order valence-electron chi connectivity index (χ0n) is 21.1. The van der Waals surface area contributed by atoms with Crippen molar-refractivity contribution in [1.29, 1.82) is 0 Å². The van der Waals surface area contributed by atoms with Crippen molar-refractivity contribution >= 4 is 11.9 Å². The molecule has 39 heavy (non-hydrogen) atoms. The van der Waals surface area contributed by atoms with E-state index in [2.05, 4.69) is 53.4 Å². The molecule has 3 aliphatic rings. The fourth-order valence-electron chi connectivity index (χ4n) is 5.68. The summed E-state index contributed by atoms with van der Waals surface area (Å²) in [7, 11) is 0. The first kappa shape index (κ1) is 28.3. The van der Waals surface area contributed by atoms with Gasteiger partial charge in [0.15, 0.2) is 0 Å². The minimum atomic E-state index is -4.38. The summed E-state index contributed by atoms with van der Waals surface area (Å²) in [5.41, 5.74) is 2.03. The van der Waals surface area contributed by atoms with Crippen LogP contribution in [0.4, 0.5) is 13.2 Å². The van der Waals surface area contributed by atoms with Crippen LogP contribution in [-0.4, -0.2) is 52.3 Å². The molecule has 3 fully saturated rings. The van der Waals surface area contributed by atoms with Gasteiger partial charge in [0.2, 0.25) is 0 Å². The molecule has 3 heterocycles. The van der Waals surface area contributed by atoms with E-state index in [1.165, 1.54) is 23.3 Å². The standard InChI is InChI=1S/C28H28F3NO.C2H2O4/c29-28(30,31)24-14-8-7-13-23(24)19-33-27-22-15-17-32(18-16-22)26(27)25(20-9-3-1-4-10-20)21-11-5-2-6-12-21;3-1(4)2(5)6/h1-14,22,25-27H,15-19H2;(H,3,4)(H,5,6). The average Bonchev–Trinajstić information content (AvgIpc) is 2.94. The molecule has 206 valence electrons. The number of hydrogen-bond donors (Lipinski definition) is 2. The minimum absolute atomic E-state index is 0.0303. The quantitative estimate of drug-likeness (QED) is 0.391. The maximum Gasteiger partial charge on any atom is 0.416 e. The number of benzene rings is 3. The number of piperidine rings is 3. The van der Waals surface area contributed by atoms with Crippen molar-refractivity contribution in [1.82, 2.24) is 4.90 Å². The fourth-order valence-corrected chi connectivity index (χ4v) is 5.68. The van der Waals surface area contributed by atoms with E-state index >= 15 is 0 Å². The molecule has 2 bridgehead atoms. The Morgan fingerprint density at radius 1 is 0.821 bits per heavy atom. The van der Waals surface area contributed by atoms with Gasteiger partial charge in [0.25, 0.3) is 0 Å². The van der Waals surface area contributed by atoms with Gasteiger partial charge in [-0.25, -0.2) is 9.59 Å².